The molecule has 0 heterocycles. The predicted molar refractivity (Wildman–Crippen MR) is 44.4 cm³/mol. The molecule has 2 N–H and O–H groups in total. The molecule has 0 bridgehead atoms. The van der Waals surface area contributed by atoms with E-state index in [0.29, 0.717) is 0 Å². The van der Waals surface area contributed by atoms with Gasteiger partial charge in [0.1, 0.15) is 0 Å². The number of alkyl halides is 2. The van der Waals surface area contributed by atoms with Crippen LogP contribution in [0.15, 0.2) is 24.3 Å². The number of rotatable bonds is 2. The van der Waals surface area contributed by atoms with Crippen LogP contribution >= 0.6 is 11.6 Å². The zero-order chi connectivity index (χ0) is 9.14. The summed E-state index contributed by atoms with van der Waals surface area (Å²) in [6.45, 7) is 0. The largest absolute Gasteiger partial charge is 0.319 e. The topological polar surface area (TPSA) is 26.0 Å². The normalized spacial score (nSPS) is 13.4. The van der Waals surface area contributed by atoms with Crippen LogP contribution in [0.3, 0.4) is 0 Å². The molecule has 66 valence electrons. The number of halogens is 3. The predicted octanol–water partition coefficient (Wildman–Crippen LogP) is 2.60. The zero-order valence-corrected chi connectivity index (χ0v) is 6.93. The first-order valence-electron chi connectivity index (χ1n) is 3.41. The number of benzene rings is 1. The molecule has 0 aliphatic carbocycles. The van der Waals surface area contributed by atoms with Crippen LogP contribution in [0.25, 0.3) is 0 Å². The molecule has 1 unspecified atom stereocenters. The Hall–Kier alpha value is -0.670. The lowest BCUT2D eigenvalue weighted by atomic mass is 10.1. The molecule has 12 heavy (non-hydrogen) atoms. The highest BCUT2D eigenvalue weighted by Crippen LogP contribution is 2.24. The molecule has 1 nitrogen and oxygen atoms in total. The number of hydrogen-bond donors (Lipinski definition) is 1. The molecule has 0 saturated carbocycles. The standard InChI is InChI=1S/C8H8ClF2N/c9-6-4-2-1-3-5(6)7(12)8(10)11/h1-4,7-8H,12H2. The van der Waals surface area contributed by atoms with Gasteiger partial charge in [0.2, 0.25) is 0 Å². The fraction of sp³-hybridized carbons (Fsp3) is 0.250. The lowest BCUT2D eigenvalue weighted by Crippen LogP contribution is -2.19. The van der Waals surface area contributed by atoms with E-state index >= 15 is 0 Å². The van der Waals surface area contributed by atoms with E-state index < -0.39 is 12.5 Å². The molecule has 1 atom stereocenters. The first kappa shape index (κ1) is 9.42. The summed E-state index contributed by atoms with van der Waals surface area (Å²) in [5, 5.41) is 0.283. The van der Waals surface area contributed by atoms with Crippen molar-refractivity contribution in [3.05, 3.63) is 34.9 Å². The number of nitrogens with two attached hydrogens (primary N) is 1. The Morgan fingerprint density at radius 3 is 2.33 bits per heavy atom. The van der Waals surface area contributed by atoms with Gasteiger partial charge in [0.05, 0.1) is 6.04 Å². The minimum absolute atomic E-state index is 0.283. The molecule has 1 aromatic carbocycles. The Bertz CT molecular complexity index is 265. The van der Waals surface area contributed by atoms with Crippen LogP contribution < -0.4 is 5.73 Å². The van der Waals surface area contributed by atoms with Crippen LogP contribution in [0.1, 0.15) is 11.6 Å². The third-order valence-corrected chi connectivity index (χ3v) is 1.88. The summed E-state index contributed by atoms with van der Waals surface area (Å²) >= 11 is 5.65. The molecule has 0 aliphatic rings. The fourth-order valence-electron chi connectivity index (χ4n) is 0.881. The number of hydrogen-bond acceptors (Lipinski definition) is 1. The lowest BCUT2D eigenvalue weighted by molar-refractivity contribution is 0.116. The molecular weight excluding hydrogens is 184 g/mol. The average Bonchev–Trinajstić information content (AvgIpc) is 2.04. The smallest absolute Gasteiger partial charge is 0.257 e. The Kier molecular flexibility index (Phi) is 3.00. The van der Waals surface area contributed by atoms with Crippen LogP contribution in [0.5, 0.6) is 0 Å². The van der Waals surface area contributed by atoms with Gasteiger partial charge in [-0.2, -0.15) is 0 Å². The summed E-state index contributed by atoms with van der Waals surface area (Å²) in [7, 11) is 0. The molecule has 0 fully saturated rings. The fourth-order valence-corrected chi connectivity index (χ4v) is 1.14. The highest BCUT2D eigenvalue weighted by Gasteiger charge is 2.19. The average molecular weight is 192 g/mol. The van der Waals surface area contributed by atoms with Crippen molar-refractivity contribution in [2.24, 2.45) is 5.73 Å². The Balaban J connectivity index is 2.94. The molecule has 1 rings (SSSR count). The Labute approximate surface area is 74.1 Å². The van der Waals surface area contributed by atoms with Crippen LogP contribution in [-0.2, 0) is 0 Å². The van der Waals surface area contributed by atoms with Crippen LogP contribution in [0.2, 0.25) is 5.02 Å². The van der Waals surface area contributed by atoms with E-state index in [-0.39, 0.29) is 10.6 Å². The molecule has 0 amide bonds. The van der Waals surface area contributed by atoms with Gasteiger partial charge < -0.3 is 5.73 Å². The van der Waals surface area contributed by atoms with Gasteiger partial charge in [-0.3, -0.25) is 0 Å². The monoisotopic (exact) mass is 191 g/mol. The molecular formula is C8H8ClF2N. The van der Waals surface area contributed by atoms with Crippen LogP contribution in [0, 0.1) is 0 Å². The van der Waals surface area contributed by atoms with Crippen molar-refractivity contribution < 1.29 is 8.78 Å². The molecule has 1 aromatic rings. The third kappa shape index (κ3) is 1.93. The molecule has 4 heteroatoms. The van der Waals surface area contributed by atoms with E-state index in [1.165, 1.54) is 6.07 Å². The van der Waals surface area contributed by atoms with Gasteiger partial charge in [0.25, 0.3) is 6.43 Å². The van der Waals surface area contributed by atoms with Crippen molar-refractivity contribution in [1.82, 2.24) is 0 Å². The van der Waals surface area contributed by atoms with E-state index in [4.69, 9.17) is 17.3 Å². The lowest BCUT2D eigenvalue weighted by Gasteiger charge is -2.11. The summed E-state index contributed by atoms with van der Waals surface area (Å²) in [5.41, 5.74) is 5.49. The van der Waals surface area contributed by atoms with Crippen molar-refractivity contribution in [2.75, 3.05) is 0 Å². The SMILES string of the molecule is NC(c1ccccc1Cl)C(F)F. The molecule has 0 spiro atoms. The summed E-state index contributed by atoms with van der Waals surface area (Å²) in [4.78, 5) is 0. The molecule has 0 saturated heterocycles. The molecule has 0 aliphatic heterocycles. The molecule has 0 radical (unpaired) electrons. The maximum Gasteiger partial charge on any atom is 0.257 e. The second-order valence-corrected chi connectivity index (χ2v) is 2.79. The van der Waals surface area contributed by atoms with Crippen molar-refractivity contribution >= 4 is 11.6 Å². The van der Waals surface area contributed by atoms with Crippen molar-refractivity contribution in [2.45, 2.75) is 12.5 Å². The quantitative estimate of drug-likeness (QED) is 0.764. The zero-order valence-electron chi connectivity index (χ0n) is 6.18. The van der Waals surface area contributed by atoms with E-state index in [0.717, 1.165) is 0 Å². The van der Waals surface area contributed by atoms with E-state index in [2.05, 4.69) is 0 Å². The van der Waals surface area contributed by atoms with E-state index in [9.17, 15) is 8.78 Å². The van der Waals surface area contributed by atoms with Crippen LogP contribution in [-0.4, -0.2) is 6.43 Å². The molecule has 0 aromatic heterocycles. The summed E-state index contributed by atoms with van der Waals surface area (Å²) in [6, 6.07) is 5.05. The van der Waals surface area contributed by atoms with Gasteiger partial charge in [-0.05, 0) is 11.6 Å². The Morgan fingerprint density at radius 2 is 1.83 bits per heavy atom. The first-order chi connectivity index (χ1) is 5.63. The second kappa shape index (κ2) is 3.83. The van der Waals surface area contributed by atoms with E-state index in [1.54, 1.807) is 18.2 Å². The summed E-state index contributed by atoms with van der Waals surface area (Å²) in [5.74, 6) is 0. The Morgan fingerprint density at radius 1 is 1.25 bits per heavy atom. The van der Waals surface area contributed by atoms with Gasteiger partial charge >= 0.3 is 0 Å². The van der Waals surface area contributed by atoms with Gasteiger partial charge in [-0.1, -0.05) is 29.8 Å². The maximum atomic E-state index is 12.1. The summed E-state index contributed by atoms with van der Waals surface area (Å²) in [6.07, 6.45) is -2.58. The third-order valence-electron chi connectivity index (χ3n) is 1.54. The van der Waals surface area contributed by atoms with Gasteiger partial charge in [0.15, 0.2) is 0 Å². The highest BCUT2D eigenvalue weighted by atomic mass is 35.5. The minimum atomic E-state index is -2.58. The van der Waals surface area contributed by atoms with Gasteiger partial charge in [0, 0.05) is 5.02 Å². The van der Waals surface area contributed by atoms with Gasteiger partial charge in [-0.25, -0.2) is 8.78 Å². The van der Waals surface area contributed by atoms with Gasteiger partial charge in [-0.15, -0.1) is 0 Å². The van der Waals surface area contributed by atoms with Crippen molar-refractivity contribution in [3.63, 3.8) is 0 Å². The maximum absolute atomic E-state index is 12.1. The highest BCUT2D eigenvalue weighted by molar-refractivity contribution is 6.31. The van der Waals surface area contributed by atoms with Crippen molar-refractivity contribution in [3.8, 4) is 0 Å². The summed E-state index contributed by atoms with van der Waals surface area (Å²) < 4.78 is 24.2. The first-order valence-corrected chi connectivity index (χ1v) is 3.79. The van der Waals surface area contributed by atoms with Crippen LogP contribution in [0.4, 0.5) is 8.78 Å². The second-order valence-electron chi connectivity index (χ2n) is 2.38. The van der Waals surface area contributed by atoms with Crippen molar-refractivity contribution in [1.29, 1.82) is 0 Å². The minimum Gasteiger partial charge on any atom is -0.319 e. The van der Waals surface area contributed by atoms with E-state index in [1.807, 2.05) is 0 Å².